The first-order valence-electron chi connectivity index (χ1n) is 13.1. The molecule has 0 radical (unpaired) electrons. The molecule has 8 nitrogen and oxygen atoms in total. The lowest BCUT2D eigenvalue weighted by molar-refractivity contribution is -0.181. The number of hydrogen-bond acceptors (Lipinski definition) is 7. The molecule has 0 aliphatic carbocycles. The summed E-state index contributed by atoms with van der Waals surface area (Å²) in [6.07, 6.45) is -1.43. The van der Waals surface area contributed by atoms with Gasteiger partial charge in [-0.3, -0.25) is 4.57 Å². The maximum atomic E-state index is 15.5. The van der Waals surface area contributed by atoms with Crippen LogP contribution in [0.2, 0.25) is 0 Å². The molecule has 0 spiro atoms. The minimum atomic E-state index is -1.69. The largest absolute Gasteiger partial charge is 0.383 e. The molecular formula is C31H32FN3O5. The maximum Gasteiger partial charge on any atom is 0.351 e. The summed E-state index contributed by atoms with van der Waals surface area (Å²) in [5.41, 5.74) is 6.08. The van der Waals surface area contributed by atoms with Gasteiger partial charge in [0.25, 0.3) is 0 Å². The number of aromatic nitrogens is 2. The van der Waals surface area contributed by atoms with Crippen molar-refractivity contribution in [2.24, 2.45) is 0 Å². The van der Waals surface area contributed by atoms with Gasteiger partial charge in [0, 0.05) is 6.20 Å². The molecule has 0 amide bonds. The molecule has 1 aliphatic rings. The molecule has 5 rings (SSSR count). The third kappa shape index (κ3) is 6.29. The van der Waals surface area contributed by atoms with Crippen LogP contribution in [0.5, 0.6) is 0 Å². The van der Waals surface area contributed by atoms with Crippen LogP contribution in [0, 0.1) is 0 Å². The number of hydrogen-bond donors (Lipinski definition) is 1. The van der Waals surface area contributed by atoms with Gasteiger partial charge in [0.15, 0.2) is 11.8 Å². The molecule has 4 aromatic rings. The number of halogens is 1. The van der Waals surface area contributed by atoms with E-state index < -0.39 is 36.4 Å². The highest BCUT2D eigenvalue weighted by Gasteiger charge is 2.60. The van der Waals surface area contributed by atoms with Crippen molar-refractivity contribution in [2.75, 3.05) is 19.0 Å². The molecule has 4 atom stereocenters. The summed E-state index contributed by atoms with van der Waals surface area (Å²) in [5.74, 6) is 0.0509. The minimum Gasteiger partial charge on any atom is -0.383 e. The van der Waals surface area contributed by atoms with Crippen molar-refractivity contribution in [2.45, 2.75) is 43.9 Å². The monoisotopic (exact) mass is 545 g/mol. The van der Waals surface area contributed by atoms with Gasteiger partial charge >= 0.3 is 5.69 Å². The minimum absolute atomic E-state index is 0.0509. The number of benzene rings is 3. The van der Waals surface area contributed by atoms with E-state index in [0.717, 1.165) is 16.7 Å². The molecule has 0 saturated carbocycles. The number of ether oxygens (including phenoxy) is 4. The first-order valence-corrected chi connectivity index (χ1v) is 13.1. The smallest absolute Gasteiger partial charge is 0.351 e. The topological polar surface area (TPSA) is 97.8 Å². The highest BCUT2D eigenvalue weighted by molar-refractivity contribution is 5.24. The van der Waals surface area contributed by atoms with E-state index in [2.05, 4.69) is 4.98 Å². The van der Waals surface area contributed by atoms with Gasteiger partial charge in [0.05, 0.1) is 26.4 Å². The molecule has 3 aromatic carbocycles. The fourth-order valence-corrected chi connectivity index (χ4v) is 4.84. The first-order chi connectivity index (χ1) is 19.6. The average molecular weight is 546 g/mol. The van der Waals surface area contributed by atoms with E-state index in [1.807, 2.05) is 91.0 Å². The van der Waals surface area contributed by atoms with Gasteiger partial charge in [-0.15, -0.1) is 0 Å². The molecule has 1 aromatic heterocycles. The van der Waals surface area contributed by atoms with Crippen LogP contribution in [0.25, 0.3) is 0 Å². The third-order valence-electron chi connectivity index (χ3n) is 6.87. The zero-order valence-corrected chi connectivity index (χ0v) is 22.0. The molecule has 2 heterocycles. The van der Waals surface area contributed by atoms with E-state index in [1.54, 1.807) is 0 Å². The Hall–Kier alpha value is -3.89. The highest BCUT2D eigenvalue weighted by atomic mass is 19.1. The highest BCUT2D eigenvalue weighted by Crippen LogP contribution is 2.44. The summed E-state index contributed by atoms with van der Waals surface area (Å²) in [6, 6.07) is 30.1. The Labute approximate surface area is 232 Å². The van der Waals surface area contributed by atoms with Crippen LogP contribution in [-0.2, 0) is 38.8 Å². The Kier molecular flexibility index (Phi) is 8.98. The van der Waals surface area contributed by atoms with Gasteiger partial charge in [-0.05, 0) is 22.8 Å². The quantitative estimate of drug-likeness (QED) is 0.281. The van der Waals surface area contributed by atoms with Crippen LogP contribution in [-0.4, -0.2) is 40.6 Å². The van der Waals surface area contributed by atoms with Crippen molar-refractivity contribution in [1.82, 2.24) is 9.55 Å². The standard InChI is InChI=1S/C31H32FN3O5/c32-22-31(39-20-25-14-8-3-9-15-25)28(38-19-24-12-6-2-7-13-24)26(21-37-18-23-10-4-1-5-11-23)40-29(31)35-17-16-27(33)34-30(35)36/h1-17,26,28-29H,18-22H2,(H2,33,34,36)/t26-,28-,29-,31-/m1/s1. The summed E-state index contributed by atoms with van der Waals surface area (Å²) in [4.78, 5) is 16.8. The van der Waals surface area contributed by atoms with Crippen LogP contribution in [0.1, 0.15) is 22.9 Å². The molecule has 1 fully saturated rings. The van der Waals surface area contributed by atoms with Gasteiger partial charge in [0.1, 0.15) is 24.7 Å². The van der Waals surface area contributed by atoms with Crippen molar-refractivity contribution in [1.29, 1.82) is 0 Å². The van der Waals surface area contributed by atoms with Gasteiger partial charge in [0.2, 0.25) is 0 Å². The van der Waals surface area contributed by atoms with Crippen molar-refractivity contribution in [3.8, 4) is 0 Å². The summed E-state index contributed by atoms with van der Waals surface area (Å²) < 4.78 is 41.8. The normalized spacial score (nSPS) is 22.4. The van der Waals surface area contributed by atoms with Gasteiger partial charge in [-0.1, -0.05) is 91.0 Å². The molecule has 2 N–H and O–H groups in total. The Balaban J connectivity index is 1.48. The second-order valence-electron chi connectivity index (χ2n) is 9.65. The zero-order valence-electron chi connectivity index (χ0n) is 22.0. The second kappa shape index (κ2) is 13.0. The van der Waals surface area contributed by atoms with E-state index >= 15 is 4.39 Å². The Bertz CT molecular complexity index is 1410. The van der Waals surface area contributed by atoms with E-state index in [9.17, 15) is 4.79 Å². The zero-order chi connectivity index (χ0) is 27.8. The average Bonchev–Trinajstić information content (AvgIpc) is 3.29. The SMILES string of the molecule is Nc1ccn([C@@H]2O[C@H](COCc3ccccc3)[C@@H](OCc3ccccc3)[C@@]2(CF)OCc2ccccc2)c(=O)n1. The summed E-state index contributed by atoms with van der Waals surface area (Å²) in [6.45, 7) is -0.325. The molecule has 1 saturated heterocycles. The molecular weight excluding hydrogens is 513 g/mol. The lowest BCUT2D eigenvalue weighted by Crippen LogP contribution is -2.53. The van der Waals surface area contributed by atoms with Gasteiger partial charge < -0.3 is 24.7 Å². The van der Waals surface area contributed by atoms with Crippen LogP contribution in [0.4, 0.5) is 10.2 Å². The summed E-state index contributed by atoms with van der Waals surface area (Å²) in [7, 11) is 0. The van der Waals surface area contributed by atoms with Crippen molar-refractivity contribution in [3.63, 3.8) is 0 Å². The molecule has 0 unspecified atom stereocenters. The number of rotatable bonds is 12. The van der Waals surface area contributed by atoms with Crippen LogP contribution < -0.4 is 11.4 Å². The van der Waals surface area contributed by atoms with Crippen LogP contribution in [0.3, 0.4) is 0 Å². The third-order valence-corrected chi connectivity index (χ3v) is 6.87. The Morgan fingerprint density at radius 3 is 2.00 bits per heavy atom. The van der Waals surface area contributed by atoms with E-state index in [-0.39, 0.29) is 25.6 Å². The second-order valence-corrected chi connectivity index (χ2v) is 9.65. The van der Waals surface area contributed by atoms with Crippen LogP contribution >= 0.6 is 0 Å². The van der Waals surface area contributed by atoms with E-state index in [4.69, 9.17) is 24.7 Å². The predicted octanol–water partition coefficient (Wildman–Crippen LogP) is 4.45. The number of nitrogens with zero attached hydrogens (tertiary/aromatic N) is 2. The fourth-order valence-electron chi connectivity index (χ4n) is 4.84. The molecule has 9 heteroatoms. The molecule has 208 valence electrons. The van der Waals surface area contributed by atoms with Crippen LogP contribution in [0.15, 0.2) is 108 Å². The van der Waals surface area contributed by atoms with Crippen molar-refractivity contribution < 1.29 is 23.3 Å². The molecule has 40 heavy (non-hydrogen) atoms. The number of alkyl halides is 1. The number of nitrogen functional groups attached to an aromatic ring is 1. The van der Waals surface area contributed by atoms with E-state index in [0.29, 0.717) is 6.61 Å². The maximum absolute atomic E-state index is 15.5. The number of anilines is 1. The summed E-state index contributed by atoms with van der Waals surface area (Å²) >= 11 is 0. The molecule has 0 bridgehead atoms. The van der Waals surface area contributed by atoms with Crippen molar-refractivity contribution in [3.05, 3.63) is 130 Å². The van der Waals surface area contributed by atoms with Crippen molar-refractivity contribution >= 4 is 5.82 Å². The fraction of sp³-hybridized carbons (Fsp3) is 0.290. The lowest BCUT2D eigenvalue weighted by atomic mass is 9.94. The predicted molar refractivity (Wildman–Crippen MR) is 148 cm³/mol. The lowest BCUT2D eigenvalue weighted by Gasteiger charge is -2.36. The molecule has 1 aliphatic heterocycles. The van der Waals surface area contributed by atoms with Gasteiger partial charge in [-0.25, -0.2) is 9.18 Å². The van der Waals surface area contributed by atoms with Gasteiger partial charge in [-0.2, -0.15) is 4.98 Å². The first kappa shape index (κ1) is 27.7. The number of nitrogens with two attached hydrogens (primary N) is 1. The Morgan fingerprint density at radius 1 is 0.850 bits per heavy atom. The summed E-state index contributed by atoms with van der Waals surface area (Å²) in [5, 5.41) is 0. The van der Waals surface area contributed by atoms with E-state index in [1.165, 1.54) is 16.8 Å². The Morgan fingerprint density at radius 2 is 1.43 bits per heavy atom.